The maximum Gasteiger partial charge on any atom is 0.268 e. The Labute approximate surface area is 190 Å². The molecule has 5 heteroatoms. The van der Waals surface area contributed by atoms with E-state index in [2.05, 4.69) is 33.4 Å². The van der Waals surface area contributed by atoms with Crippen LogP contribution in [-0.2, 0) is 15.4 Å². The number of fused-ring (bicyclic) bond motifs is 2. The van der Waals surface area contributed by atoms with E-state index in [-0.39, 0.29) is 22.1 Å². The zero-order valence-corrected chi connectivity index (χ0v) is 20.0. The molecule has 32 heavy (non-hydrogen) atoms. The highest BCUT2D eigenvalue weighted by Gasteiger charge is 2.53. The molecular formula is C27H31NO3S. The van der Waals surface area contributed by atoms with Crippen LogP contribution in [0.15, 0.2) is 66.2 Å². The largest absolute Gasteiger partial charge is 0.392 e. The lowest BCUT2D eigenvalue weighted by Gasteiger charge is -2.53. The Kier molecular flexibility index (Phi) is 4.57. The molecule has 2 aromatic carbocycles. The summed E-state index contributed by atoms with van der Waals surface area (Å²) in [5.41, 5.74) is 3.23. The van der Waals surface area contributed by atoms with E-state index in [9.17, 15) is 13.5 Å². The van der Waals surface area contributed by atoms with Crippen molar-refractivity contribution >= 4 is 20.9 Å². The summed E-state index contributed by atoms with van der Waals surface area (Å²) in [6.45, 7) is 12.5. The van der Waals surface area contributed by atoms with E-state index in [4.69, 9.17) is 0 Å². The third kappa shape index (κ3) is 2.74. The van der Waals surface area contributed by atoms with Crippen molar-refractivity contribution in [3.05, 3.63) is 78.0 Å². The molecule has 2 aliphatic rings. The van der Waals surface area contributed by atoms with Crippen molar-refractivity contribution in [3.8, 4) is 0 Å². The molecular weight excluding hydrogens is 418 g/mol. The Morgan fingerprint density at radius 1 is 1.12 bits per heavy atom. The minimum Gasteiger partial charge on any atom is -0.392 e. The summed E-state index contributed by atoms with van der Waals surface area (Å²) >= 11 is 0. The maximum absolute atomic E-state index is 13.7. The van der Waals surface area contributed by atoms with Crippen molar-refractivity contribution in [2.45, 2.75) is 62.9 Å². The fourth-order valence-corrected chi connectivity index (χ4v) is 7.51. The van der Waals surface area contributed by atoms with Gasteiger partial charge in [-0.25, -0.2) is 12.4 Å². The molecule has 1 aromatic heterocycles. The van der Waals surface area contributed by atoms with Crippen LogP contribution in [0, 0.1) is 18.3 Å². The van der Waals surface area contributed by atoms with E-state index in [0.717, 1.165) is 29.4 Å². The number of nitrogens with zero attached hydrogens (tertiary/aromatic N) is 1. The lowest BCUT2D eigenvalue weighted by atomic mass is 9.52. The van der Waals surface area contributed by atoms with E-state index < -0.39 is 21.5 Å². The van der Waals surface area contributed by atoms with E-state index in [1.165, 1.54) is 9.54 Å². The Balaban J connectivity index is 1.80. The van der Waals surface area contributed by atoms with Gasteiger partial charge in [-0.3, -0.25) is 0 Å². The van der Waals surface area contributed by atoms with Crippen molar-refractivity contribution in [3.63, 3.8) is 0 Å². The van der Waals surface area contributed by atoms with Crippen LogP contribution in [-0.4, -0.2) is 23.6 Å². The Hall–Kier alpha value is -2.37. The molecule has 5 rings (SSSR count). The molecule has 168 valence electrons. The predicted molar refractivity (Wildman–Crippen MR) is 129 cm³/mol. The molecule has 0 radical (unpaired) electrons. The van der Waals surface area contributed by atoms with Crippen LogP contribution in [0.4, 0.5) is 0 Å². The normalized spacial score (nSPS) is 29.0. The summed E-state index contributed by atoms with van der Waals surface area (Å²) in [5, 5.41) is 12.5. The molecule has 0 bridgehead atoms. The lowest BCUT2D eigenvalue weighted by molar-refractivity contribution is -0.0299. The Morgan fingerprint density at radius 2 is 1.81 bits per heavy atom. The minimum absolute atomic E-state index is 0.145. The Morgan fingerprint density at radius 3 is 2.47 bits per heavy atom. The van der Waals surface area contributed by atoms with Crippen LogP contribution in [0.5, 0.6) is 0 Å². The van der Waals surface area contributed by atoms with Crippen LogP contribution >= 0.6 is 0 Å². The fraction of sp³-hybridized carbons (Fsp3) is 0.407. The summed E-state index contributed by atoms with van der Waals surface area (Å²) in [5.74, 6) is 0.0789. The molecule has 0 aliphatic heterocycles. The minimum atomic E-state index is -3.77. The van der Waals surface area contributed by atoms with Crippen molar-refractivity contribution < 1.29 is 13.5 Å². The monoisotopic (exact) mass is 449 g/mol. The second-order valence-corrected chi connectivity index (χ2v) is 12.3. The number of rotatable bonds is 3. The molecule has 0 saturated heterocycles. The van der Waals surface area contributed by atoms with Gasteiger partial charge in [-0.15, -0.1) is 6.58 Å². The van der Waals surface area contributed by atoms with Gasteiger partial charge in [0.1, 0.15) is 0 Å². The topological polar surface area (TPSA) is 59.3 Å². The van der Waals surface area contributed by atoms with Crippen molar-refractivity contribution in [1.29, 1.82) is 0 Å². The molecule has 3 aromatic rings. The van der Waals surface area contributed by atoms with E-state index >= 15 is 0 Å². The SMILES string of the molecule is C=C[C@@]1(C)CC[C@H]2[C@@H](c3cn(S(=O)(=O)c4ccc(C)cc4)c4cccc(c34)C2(C)C)[C@@H]1O. The van der Waals surface area contributed by atoms with Gasteiger partial charge in [-0.1, -0.05) is 56.7 Å². The first kappa shape index (κ1) is 21.5. The first-order chi connectivity index (χ1) is 15.0. The molecule has 0 spiro atoms. The average molecular weight is 450 g/mol. The quantitative estimate of drug-likeness (QED) is 0.535. The van der Waals surface area contributed by atoms with Crippen LogP contribution in [0.25, 0.3) is 10.9 Å². The third-order valence-electron chi connectivity index (χ3n) is 8.29. The number of aryl methyl sites for hydroxylation is 1. The van der Waals surface area contributed by atoms with Crippen LogP contribution in [0.2, 0.25) is 0 Å². The van der Waals surface area contributed by atoms with E-state index in [0.29, 0.717) is 5.52 Å². The smallest absolute Gasteiger partial charge is 0.268 e. The standard InChI is InChI=1S/C27H31NO3S/c1-6-27(5)15-14-21-24(25(27)29)19-16-28(32(30,31)18-12-10-17(2)11-13-18)22-9-7-8-20(23(19)22)26(21,3)4/h6-13,16,21,24-25,29H,1,14-15H2,2-5H3/t21-,24+,25-,27-/m0/s1. The number of benzene rings is 2. The highest BCUT2D eigenvalue weighted by molar-refractivity contribution is 7.90. The summed E-state index contributed by atoms with van der Waals surface area (Å²) in [4.78, 5) is 0.270. The fourth-order valence-electron chi connectivity index (χ4n) is 6.14. The number of aliphatic hydroxyl groups is 1. The molecule has 4 atom stereocenters. The van der Waals surface area contributed by atoms with Gasteiger partial charge >= 0.3 is 0 Å². The highest BCUT2D eigenvalue weighted by Crippen LogP contribution is 2.59. The molecule has 4 nitrogen and oxygen atoms in total. The molecule has 1 N–H and O–H groups in total. The second-order valence-electron chi connectivity index (χ2n) is 10.4. The van der Waals surface area contributed by atoms with Crippen molar-refractivity contribution in [2.75, 3.05) is 0 Å². The van der Waals surface area contributed by atoms with Crippen molar-refractivity contribution in [2.24, 2.45) is 11.3 Å². The van der Waals surface area contributed by atoms with Gasteiger partial charge in [0, 0.05) is 22.9 Å². The predicted octanol–water partition coefficient (Wildman–Crippen LogP) is 5.52. The molecule has 0 amide bonds. The molecule has 1 heterocycles. The zero-order chi connectivity index (χ0) is 23.1. The summed E-state index contributed by atoms with van der Waals surface area (Å²) in [6, 6.07) is 12.9. The number of aliphatic hydroxyl groups excluding tert-OH is 1. The van der Waals surface area contributed by atoms with Gasteiger partial charge in [0.15, 0.2) is 0 Å². The van der Waals surface area contributed by atoms with Gasteiger partial charge < -0.3 is 5.11 Å². The molecule has 2 aliphatic carbocycles. The lowest BCUT2D eigenvalue weighted by Crippen LogP contribution is -2.50. The van der Waals surface area contributed by atoms with Gasteiger partial charge in [0.25, 0.3) is 10.0 Å². The van der Waals surface area contributed by atoms with Crippen LogP contribution in [0.1, 0.15) is 56.2 Å². The number of hydrogen-bond donors (Lipinski definition) is 1. The number of aromatic nitrogens is 1. The molecule has 1 saturated carbocycles. The molecule has 0 unspecified atom stereocenters. The van der Waals surface area contributed by atoms with Crippen molar-refractivity contribution in [1.82, 2.24) is 3.97 Å². The third-order valence-corrected chi connectivity index (χ3v) is 9.98. The van der Waals surface area contributed by atoms with Crippen LogP contribution in [0.3, 0.4) is 0 Å². The average Bonchev–Trinajstić information content (AvgIpc) is 3.15. The first-order valence-electron chi connectivity index (χ1n) is 11.3. The maximum atomic E-state index is 13.7. The number of hydrogen-bond acceptors (Lipinski definition) is 3. The van der Waals surface area contributed by atoms with Gasteiger partial charge in [-0.2, -0.15) is 0 Å². The highest BCUT2D eigenvalue weighted by atomic mass is 32.2. The summed E-state index contributed by atoms with van der Waals surface area (Å²) in [7, 11) is -3.77. The van der Waals surface area contributed by atoms with E-state index in [1.807, 2.05) is 37.3 Å². The van der Waals surface area contributed by atoms with Gasteiger partial charge in [-0.05, 0) is 60.4 Å². The Bertz CT molecular complexity index is 1330. The molecule has 1 fully saturated rings. The van der Waals surface area contributed by atoms with Gasteiger partial charge in [0.05, 0.1) is 16.5 Å². The van der Waals surface area contributed by atoms with Crippen LogP contribution < -0.4 is 0 Å². The van der Waals surface area contributed by atoms with Gasteiger partial charge in [0.2, 0.25) is 0 Å². The first-order valence-corrected chi connectivity index (χ1v) is 12.7. The van der Waals surface area contributed by atoms with E-state index in [1.54, 1.807) is 18.3 Å². The summed E-state index contributed by atoms with van der Waals surface area (Å²) < 4.78 is 28.8. The zero-order valence-electron chi connectivity index (χ0n) is 19.2. The summed E-state index contributed by atoms with van der Waals surface area (Å²) in [6.07, 6.45) is 4.86. The second kappa shape index (κ2) is 6.82.